The molecular formula is C22H26N2O3. The molecule has 0 aromatic heterocycles. The summed E-state index contributed by atoms with van der Waals surface area (Å²) in [4.78, 5) is 41.7. The van der Waals surface area contributed by atoms with Gasteiger partial charge in [0.1, 0.15) is 0 Å². The molecule has 27 heavy (non-hydrogen) atoms. The zero-order valence-corrected chi connectivity index (χ0v) is 15.9. The molecule has 5 heteroatoms. The van der Waals surface area contributed by atoms with Crippen LogP contribution in [0.1, 0.15) is 43.5 Å². The molecule has 4 rings (SSSR count). The SMILES string of the molecule is CCCN(CCC)C(=O)c1ccc(N2C(=O)[C@@H]3[C@@H](C2=O)[C@H]2C=C[C@H]3C2)cc1. The first-order valence-corrected chi connectivity index (χ1v) is 10.0. The predicted octanol–water partition coefficient (Wildman–Crippen LogP) is 3.26. The Bertz CT molecular complexity index is 762. The van der Waals surface area contributed by atoms with Crippen LogP contribution in [0.4, 0.5) is 5.69 Å². The lowest BCUT2D eigenvalue weighted by atomic mass is 9.85. The van der Waals surface area contributed by atoms with Gasteiger partial charge in [-0.2, -0.15) is 0 Å². The molecule has 0 spiro atoms. The number of hydrogen-bond acceptors (Lipinski definition) is 3. The van der Waals surface area contributed by atoms with Crippen molar-refractivity contribution >= 4 is 23.4 Å². The fraction of sp³-hybridized carbons (Fsp3) is 0.500. The molecule has 1 aliphatic heterocycles. The molecule has 3 amide bonds. The molecule has 1 saturated heterocycles. The number of allylic oxidation sites excluding steroid dienone is 2. The second-order valence-corrected chi connectivity index (χ2v) is 7.85. The lowest BCUT2D eigenvalue weighted by Crippen LogP contribution is -2.33. The standard InChI is InChI=1S/C22H26N2O3/c1-3-11-23(12-4-2)20(25)14-7-9-17(10-8-14)24-21(26)18-15-5-6-16(13-15)19(18)22(24)27/h5-10,15-16,18-19H,3-4,11-13H2,1-2H3/t15-,16-,18-,19-/m0/s1. The zero-order valence-electron chi connectivity index (χ0n) is 15.9. The molecule has 1 aromatic rings. The molecule has 2 bridgehead atoms. The minimum Gasteiger partial charge on any atom is -0.339 e. The minimum absolute atomic E-state index is 0.00318. The van der Waals surface area contributed by atoms with Crippen LogP contribution in [-0.2, 0) is 9.59 Å². The first-order chi connectivity index (χ1) is 13.1. The summed E-state index contributed by atoms with van der Waals surface area (Å²) in [5, 5.41) is 0. The maximum Gasteiger partial charge on any atom is 0.253 e. The van der Waals surface area contributed by atoms with E-state index in [4.69, 9.17) is 0 Å². The van der Waals surface area contributed by atoms with E-state index in [0.29, 0.717) is 11.3 Å². The third kappa shape index (κ3) is 2.80. The van der Waals surface area contributed by atoms with Gasteiger partial charge in [-0.3, -0.25) is 19.3 Å². The molecular weight excluding hydrogens is 340 g/mol. The van der Waals surface area contributed by atoms with Gasteiger partial charge in [0.25, 0.3) is 5.91 Å². The molecule has 1 heterocycles. The predicted molar refractivity (Wildman–Crippen MR) is 103 cm³/mol. The highest BCUT2D eigenvalue weighted by Crippen LogP contribution is 2.53. The van der Waals surface area contributed by atoms with Crippen molar-refractivity contribution in [1.29, 1.82) is 0 Å². The molecule has 3 aliphatic rings. The van der Waals surface area contributed by atoms with Crippen molar-refractivity contribution in [3.8, 4) is 0 Å². The van der Waals surface area contributed by atoms with Crippen LogP contribution < -0.4 is 4.90 Å². The summed E-state index contributed by atoms with van der Waals surface area (Å²) in [5.74, 6) is -0.141. The van der Waals surface area contributed by atoms with Gasteiger partial charge >= 0.3 is 0 Å². The summed E-state index contributed by atoms with van der Waals surface area (Å²) in [7, 11) is 0. The van der Waals surface area contributed by atoms with Crippen molar-refractivity contribution in [2.75, 3.05) is 18.0 Å². The van der Waals surface area contributed by atoms with Gasteiger partial charge < -0.3 is 4.90 Å². The van der Waals surface area contributed by atoms with Gasteiger partial charge in [-0.25, -0.2) is 0 Å². The number of amides is 3. The van der Waals surface area contributed by atoms with Crippen LogP contribution in [0.5, 0.6) is 0 Å². The number of nitrogens with zero attached hydrogens (tertiary/aromatic N) is 2. The fourth-order valence-corrected chi connectivity index (χ4v) is 4.95. The Hall–Kier alpha value is -2.43. The van der Waals surface area contributed by atoms with Crippen LogP contribution in [0, 0.1) is 23.7 Å². The average Bonchev–Trinajstić information content (AvgIpc) is 3.35. The van der Waals surface area contributed by atoms with E-state index in [0.717, 1.165) is 32.4 Å². The van der Waals surface area contributed by atoms with Gasteiger partial charge in [-0.05, 0) is 55.4 Å². The Morgan fingerprint density at radius 2 is 1.48 bits per heavy atom. The van der Waals surface area contributed by atoms with Crippen molar-refractivity contribution < 1.29 is 14.4 Å². The molecule has 142 valence electrons. The molecule has 5 nitrogen and oxygen atoms in total. The molecule has 0 N–H and O–H groups in total. The summed E-state index contributed by atoms with van der Waals surface area (Å²) < 4.78 is 0. The summed E-state index contributed by atoms with van der Waals surface area (Å²) in [5.41, 5.74) is 1.18. The molecule has 0 radical (unpaired) electrons. The number of carbonyl (C=O) groups excluding carboxylic acids is 3. The summed E-state index contributed by atoms with van der Waals surface area (Å²) in [6, 6.07) is 6.93. The summed E-state index contributed by atoms with van der Waals surface area (Å²) in [6.45, 7) is 5.58. The van der Waals surface area contributed by atoms with Crippen molar-refractivity contribution in [3.05, 3.63) is 42.0 Å². The number of anilines is 1. The van der Waals surface area contributed by atoms with Gasteiger partial charge in [0, 0.05) is 18.7 Å². The quantitative estimate of drug-likeness (QED) is 0.574. The van der Waals surface area contributed by atoms with E-state index in [2.05, 4.69) is 26.0 Å². The first kappa shape index (κ1) is 18.0. The second-order valence-electron chi connectivity index (χ2n) is 7.85. The van der Waals surface area contributed by atoms with E-state index in [1.54, 1.807) is 24.3 Å². The average molecular weight is 366 g/mol. The van der Waals surface area contributed by atoms with Crippen LogP contribution >= 0.6 is 0 Å². The number of carbonyl (C=O) groups is 3. The van der Waals surface area contributed by atoms with Crippen LogP contribution in [0.25, 0.3) is 0 Å². The Balaban J connectivity index is 1.54. The molecule has 4 atom stereocenters. The van der Waals surface area contributed by atoms with Gasteiger partial charge in [-0.15, -0.1) is 0 Å². The molecule has 2 fully saturated rings. The Kier molecular flexibility index (Phi) is 4.62. The molecule has 0 unspecified atom stereocenters. The van der Waals surface area contributed by atoms with Gasteiger partial charge in [0.05, 0.1) is 17.5 Å². The monoisotopic (exact) mass is 366 g/mol. The highest BCUT2D eigenvalue weighted by Gasteiger charge is 2.59. The van der Waals surface area contributed by atoms with E-state index in [1.807, 2.05) is 4.90 Å². The first-order valence-electron chi connectivity index (χ1n) is 10.0. The van der Waals surface area contributed by atoms with E-state index in [1.165, 1.54) is 4.90 Å². The van der Waals surface area contributed by atoms with Crippen LogP contribution in [0.2, 0.25) is 0 Å². The van der Waals surface area contributed by atoms with E-state index in [-0.39, 0.29) is 41.4 Å². The maximum absolute atomic E-state index is 12.9. The fourth-order valence-electron chi connectivity index (χ4n) is 4.95. The highest BCUT2D eigenvalue weighted by molar-refractivity contribution is 6.22. The largest absolute Gasteiger partial charge is 0.339 e. The highest BCUT2D eigenvalue weighted by atomic mass is 16.2. The van der Waals surface area contributed by atoms with Crippen LogP contribution in [0.15, 0.2) is 36.4 Å². The zero-order chi connectivity index (χ0) is 19.1. The van der Waals surface area contributed by atoms with Crippen molar-refractivity contribution in [2.45, 2.75) is 33.1 Å². The second kappa shape index (κ2) is 6.95. The number of hydrogen-bond donors (Lipinski definition) is 0. The third-order valence-corrected chi connectivity index (χ3v) is 6.12. The third-order valence-electron chi connectivity index (χ3n) is 6.12. The van der Waals surface area contributed by atoms with Crippen molar-refractivity contribution in [2.24, 2.45) is 23.7 Å². The van der Waals surface area contributed by atoms with Gasteiger partial charge in [-0.1, -0.05) is 26.0 Å². The molecule has 2 aliphatic carbocycles. The Morgan fingerprint density at radius 1 is 0.963 bits per heavy atom. The number of imide groups is 1. The summed E-state index contributed by atoms with van der Waals surface area (Å²) >= 11 is 0. The van der Waals surface area contributed by atoms with E-state index < -0.39 is 0 Å². The topological polar surface area (TPSA) is 57.7 Å². The normalized spacial score (nSPS) is 28.1. The van der Waals surface area contributed by atoms with E-state index >= 15 is 0 Å². The number of rotatable bonds is 6. The van der Waals surface area contributed by atoms with E-state index in [9.17, 15) is 14.4 Å². The lowest BCUT2D eigenvalue weighted by Gasteiger charge is -2.22. The number of benzene rings is 1. The van der Waals surface area contributed by atoms with Gasteiger partial charge in [0.2, 0.25) is 11.8 Å². The minimum atomic E-state index is -0.196. The van der Waals surface area contributed by atoms with Gasteiger partial charge in [0.15, 0.2) is 0 Å². The number of fused-ring (bicyclic) bond motifs is 5. The maximum atomic E-state index is 12.9. The Morgan fingerprint density at radius 3 is 1.96 bits per heavy atom. The smallest absolute Gasteiger partial charge is 0.253 e. The van der Waals surface area contributed by atoms with Crippen LogP contribution in [-0.4, -0.2) is 35.7 Å². The van der Waals surface area contributed by atoms with Crippen molar-refractivity contribution in [1.82, 2.24) is 4.90 Å². The molecule has 1 saturated carbocycles. The molecule has 1 aromatic carbocycles. The lowest BCUT2D eigenvalue weighted by molar-refractivity contribution is -0.123. The van der Waals surface area contributed by atoms with Crippen LogP contribution in [0.3, 0.4) is 0 Å². The Labute approximate surface area is 160 Å². The summed E-state index contributed by atoms with van der Waals surface area (Å²) in [6.07, 6.45) is 6.95. The van der Waals surface area contributed by atoms with Crippen molar-refractivity contribution in [3.63, 3.8) is 0 Å².